The van der Waals surface area contributed by atoms with Crippen LogP contribution in [0.4, 0.5) is 0 Å². The summed E-state index contributed by atoms with van der Waals surface area (Å²) in [6.45, 7) is 1.44. The molecule has 5 heteroatoms. The van der Waals surface area contributed by atoms with Crippen molar-refractivity contribution in [2.45, 2.75) is 25.8 Å². The highest BCUT2D eigenvalue weighted by atomic mass is 35.5. The summed E-state index contributed by atoms with van der Waals surface area (Å²) in [5.41, 5.74) is 1.79. The Balaban J connectivity index is 1.38. The predicted molar refractivity (Wildman–Crippen MR) is 105 cm³/mol. The molecule has 4 nitrogen and oxygen atoms in total. The van der Waals surface area contributed by atoms with Gasteiger partial charge >= 0.3 is 0 Å². The van der Waals surface area contributed by atoms with Crippen molar-refractivity contribution in [2.75, 3.05) is 6.54 Å². The number of hydrogen-bond acceptors (Lipinski definition) is 2. The van der Waals surface area contributed by atoms with E-state index in [1.807, 2.05) is 12.1 Å². The van der Waals surface area contributed by atoms with Gasteiger partial charge in [0.05, 0.1) is 0 Å². The van der Waals surface area contributed by atoms with Gasteiger partial charge < -0.3 is 9.88 Å². The van der Waals surface area contributed by atoms with Gasteiger partial charge in [0.2, 0.25) is 5.91 Å². The first-order chi connectivity index (χ1) is 12.6. The van der Waals surface area contributed by atoms with Crippen LogP contribution in [0.1, 0.15) is 29.6 Å². The second-order valence-corrected chi connectivity index (χ2v) is 6.64. The second-order valence-electron chi connectivity index (χ2n) is 6.20. The molecule has 1 amide bonds. The molecule has 0 saturated heterocycles. The van der Waals surface area contributed by atoms with Crippen LogP contribution in [0.2, 0.25) is 5.02 Å². The molecule has 1 N–H and O–H groups in total. The highest BCUT2D eigenvalue weighted by Gasteiger charge is 2.09. The number of fused-ring (bicyclic) bond motifs is 1. The first kappa shape index (κ1) is 18.2. The lowest BCUT2D eigenvalue weighted by molar-refractivity contribution is -0.121. The lowest BCUT2D eigenvalue weighted by Crippen LogP contribution is -2.25. The summed E-state index contributed by atoms with van der Waals surface area (Å²) in [4.78, 5) is 24.0. The molecule has 1 heterocycles. The van der Waals surface area contributed by atoms with Gasteiger partial charge in [0, 0.05) is 48.2 Å². The molecule has 3 rings (SSSR count). The molecule has 1 aromatic heterocycles. The van der Waals surface area contributed by atoms with Gasteiger partial charge in [0.15, 0.2) is 5.78 Å². The molecule has 0 aliphatic carbocycles. The van der Waals surface area contributed by atoms with E-state index in [1.54, 1.807) is 24.3 Å². The minimum atomic E-state index is -0.0929. The number of carbonyl (C=O) groups is 2. The van der Waals surface area contributed by atoms with Gasteiger partial charge in [-0.3, -0.25) is 9.59 Å². The predicted octanol–water partition coefficient (Wildman–Crippen LogP) is 4.46. The topological polar surface area (TPSA) is 51.1 Å². The number of Topliss-reactive ketones (excluding diaryl/α,β-unsaturated/α-hetero) is 1. The largest absolute Gasteiger partial charge is 0.356 e. The smallest absolute Gasteiger partial charge is 0.220 e. The lowest BCUT2D eigenvalue weighted by atomic mass is 10.1. The Kier molecular flexibility index (Phi) is 6.08. The fourth-order valence-electron chi connectivity index (χ4n) is 2.91. The van der Waals surface area contributed by atoms with Crippen LogP contribution in [-0.2, 0) is 11.3 Å². The molecule has 26 heavy (non-hydrogen) atoms. The molecule has 134 valence electrons. The molecular weight excluding hydrogens is 348 g/mol. The van der Waals surface area contributed by atoms with Gasteiger partial charge in [-0.2, -0.15) is 0 Å². The normalized spacial score (nSPS) is 10.8. The molecular formula is C21H21ClN2O2. The van der Waals surface area contributed by atoms with E-state index in [2.05, 4.69) is 34.3 Å². The summed E-state index contributed by atoms with van der Waals surface area (Å²) in [6, 6.07) is 17.1. The monoisotopic (exact) mass is 368 g/mol. The van der Waals surface area contributed by atoms with Gasteiger partial charge in [-0.15, -0.1) is 0 Å². The van der Waals surface area contributed by atoms with Crippen LogP contribution in [0, 0.1) is 0 Å². The molecule has 0 bridgehead atoms. The van der Waals surface area contributed by atoms with Crippen molar-refractivity contribution < 1.29 is 9.59 Å². The Hall–Kier alpha value is -2.59. The zero-order valence-corrected chi connectivity index (χ0v) is 15.2. The number of hydrogen-bond donors (Lipinski definition) is 1. The Morgan fingerprint density at radius 1 is 0.962 bits per heavy atom. The van der Waals surface area contributed by atoms with Crippen LogP contribution >= 0.6 is 11.6 Å². The number of aryl methyl sites for hydroxylation is 1. The van der Waals surface area contributed by atoms with Gasteiger partial charge in [0.25, 0.3) is 0 Å². The molecule has 0 radical (unpaired) electrons. The van der Waals surface area contributed by atoms with Crippen molar-refractivity contribution in [1.82, 2.24) is 9.88 Å². The molecule has 0 aliphatic rings. The van der Waals surface area contributed by atoms with E-state index >= 15 is 0 Å². The average molecular weight is 369 g/mol. The quantitative estimate of drug-likeness (QED) is 0.471. The van der Waals surface area contributed by atoms with E-state index in [4.69, 9.17) is 11.6 Å². The molecule has 0 unspecified atom stereocenters. The van der Waals surface area contributed by atoms with Crippen LogP contribution in [0.3, 0.4) is 0 Å². The number of ketones is 1. The maximum atomic E-state index is 12.0. The third kappa shape index (κ3) is 4.73. The van der Waals surface area contributed by atoms with E-state index < -0.39 is 0 Å². The SMILES string of the molecule is O=C(CCC(=O)c1ccc(Cl)cc1)NCCCn1ccc2ccccc21. The molecule has 2 aromatic carbocycles. The van der Waals surface area contributed by atoms with E-state index in [0.29, 0.717) is 17.1 Å². The first-order valence-corrected chi connectivity index (χ1v) is 9.10. The molecule has 0 atom stereocenters. The third-order valence-electron chi connectivity index (χ3n) is 4.32. The van der Waals surface area contributed by atoms with Crippen LogP contribution in [-0.4, -0.2) is 22.8 Å². The number of carbonyl (C=O) groups excluding carboxylic acids is 2. The molecule has 3 aromatic rings. The Morgan fingerprint density at radius 2 is 1.73 bits per heavy atom. The number of nitrogens with zero attached hydrogens (tertiary/aromatic N) is 1. The molecule has 0 saturated carbocycles. The van der Waals surface area contributed by atoms with Gasteiger partial charge in [-0.1, -0.05) is 29.8 Å². The zero-order valence-electron chi connectivity index (χ0n) is 14.5. The minimum absolute atomic E-state index is 0.0457. The summed E-state index contributed by atoms with van der Waals surface area (Å²) in [7, 11) is 0. The van der Waals surface area contributed by atoms with E-state index in [1.165, 1.54) is 10.9 Å². The maximum absolute atomic E-state index is 12.0. The number of rotatable bonds is 8. The summed E-state index contributed by atoms with van der Waals surface area (Å²) in [5, 5.41) is 4.70. The first-order valence-electron chi connectivity index (χ1n) is 8.73. The number of para-hydroxylation sites is 1. The van der Waals surface area contributed by atoms with Gasteiger partial charge in [-0.25, -0.2) is 0 Å². The van der Waals surface area contributed by atoms with E-state index in [-0.39, 0.29) is 24.5 Å². The van der Waals surface area contributed by atoms with Crippen molar-refractivity contribution in [2.24, 2.45) is 0 Å². The van der Waals surface area contributed by atoms with Crippen LogP contribution in [0.25, 0.3) is 10.9 Å². The van der Waals surface area contributed by atoms with E-state index in [0.717, 1.165) is 13.0 Å². The molecule has 0 spiro atoms. The number of benzene rings is 2. The van der Waals surface area contributed by atoms with Crippen molar-refractivity contribution in [1.29, 1.82) is 0 Å². The third-order valence-corrected chi connectivity index (χ3v) is 4.58. The van der Waals surface area contributed by atoms with Crippen LogP contribution in [0.15, 0.2) is 60.8 Å². The zero-order chi connectivity index (χ0) is 18.4. The number of nitrogens with one attached hydrogen (secondary N) is 1. The van der Waals surface area contributed by atoms with Gasteiger partial charge in [0.1, 0.15) is 0 Å². The Labute approximate surface area is 157 Å². The average Bonchev–Trinajstić information content (AvgIpc) is 3.07. The number of aromatic nitrogens is 1. The number of halogens is 1. The van der Waals surface area contributed by atoms with E-state index in [9.17, 15) is 9.59 Å². The lowest BCUT2D eigenvalue weighted by Gasteiger charge is -2.07. The number of amides is 1. The molecule has 0 aliphatic heterocycles. The summed E-state index contributed by atoms with van der Waals surface area (Å²) in [6.07, 6.45) is 3.32. The van der Waals surface area contributed by atoms with Crippen molar-refractivity contribution >= 4 is 34.2 Å². The maximum Gasteiger partial charge on any atom is 0.220 e. The van der Waals surface area contributed by atoms with Crippen molar-refractivity contribution in [3.05, 3.63) is 71.4 Å². The Morgan fingerprint density at radius 3 is 2.54 bits per heavy atom. The van der Waals surface area contributed by atoms with Crippen LogP contribution < -0.4 is 5.32 Å². The summed E-state index contributed by atoms with van der Waals surface area (Å²) < 4.78 is 2.19. The fraction of sp³-hybridized carbons (Fsp3) is 0.238. The van der Waals surface area contributed by atoms with Crippen molar-refractivity contribution in [3.8, 4) is 0 Å². The standard InChI is InChI=1S/C21H21ClN2O2/c22-18-8-6-17(7-9-18)20(25)10-11-21(26)23-13-3-14-24-15-12-16-4-1-2-5-19(16)24/h1-2,4-9,12,15H,3,10-11,13-14H2,(H,23,26). The minimum Gasteiger partial charge on any atom is -0.356 e. The highest BCUT2D eigenvalue weighted by molar-refractivity contribution is 6.30. The van der Waals surface area contributed by atoms with Gasteiger partial charge in [-0.05, 0) is 48.2 Å². The molecule has 0 fully saturated rings. The Bertz CT molecular complexity index is 900. The summed E-state index contributed by atoms with van der Waals surface area (Å²) >= 11 is 5.81. The second kappa shape index (κ2) is 8.68. The fourth-order valence-corrected chi connectivity index (χ4v) is 3.03. The summed E-state index contributed by atoms with van der Waals surface area (Å²) in [5.74, 6) is -0.139. The highest BCUT2D eigenvalue weighted by Crippen LogP contribution is 2.15. The van der Waals surface area contributed by atoms with Crippen molar-refractivity contribution in [3.63, 3.8) is 0 Å². The van der Waals surface area contributed by atoms with Crippen LogP contribution in [0.5, 0.6) is 0 Å².